The van der Waals surface area contributed by atoms with E-state index in [-0.39, 0.29) is 23.8 Å². The van der Waals surface area contributed by atoms with Gasteiger partial charge in [0.1, 0.15) is 11.3 Å². The Morgan fingerprint density at radius 2 is 1.87 bits per heavy atom. The van der Waals surface area contributed by atoms with Gasteiger partial charge in [0, 0.05) is 19.1 Å². The molecule has 31 heavy (non-hydrogen) atoms. The minimum absolute atomic E-state index is 0.0383. The molecule has 0 amide bonds. The van der Waals surface area contributed by atoms with Crippen LogP contribution in [0.5, 0.6) is 5.75 Å². The number of aromatic nitrogens is 2. The summed E-state index contributed by atoms with van der Waals surface area (Å²) in [6.07, 6.45) is -3.68. The average Bonchev–Trinajstić information content (AvgIpc) is 3.31. The Kier molecular flexibility index (Phi) is 5.60. The van der Waals surface area contributed by atoms with E-state index >= 15 is 0 Å². The van der Waals surface area contributed by atoms with Crippen molar-refractivity contribution in [2.75, 3.05) is 20.2 Å². The van der Waals surface area contributed by atoms with E-state index in [9.17, 15) is 18.0 Å². The highest BCUT2D eigenvalue weighted by molar-refractivity contribution is 5.83. The van der Waals surface area contributed by atoms with Gasteiger partial charge in [0.2, 0.25) is 0 Å². The second-order valence-corrected chi connectivity index (χ2v) is 8.25. The second-order valence-electron chi connectivity index (χ2n) is 8.25. The van der Waals surface area contributed by atoms with Gasteiger partial charge < -0.3 is 4.74 Å². The maximum Gasteiger partial charge on any atom is 0.416 e. The molecule has 1 aliphatic rings. The van der Waals surface area contributed by atoms with Crippen molar-refractivity contribution >= 4 is 11.0 Å². The third kappa shape index (κ3) is 3.84. The third-order valence-electron chi connectivity index (χ3n) is 6.11. The molecular weight excluding hydrogens is 407 g/mol. The van der Waals surface area contributed by atoms with Crippen LogP contribution >= 0.6 is 0 Å². The third-order valence-corrected chi connectivity index (χ3v) is 6.11. The number of benzene rings is 2. The Labute approximate surface area is 178 Å². The van der Waals surface area contributed by atoms with Crippen molar-refractivity contribution in [3.05, 3.63) is 64.1 Å². The molecule has 1 fully saturated rings. The Hall–Kier alpha value is -2.74. The number of hydrogen-bond acceptors (Lipinski definition) is 3. The van der Waals surface area contributed by atoms with Crippen molar-refractivity contribution in [2.45, 2.75) is 45.1 Å². The molecule has 0 aliphatic carbocycles. The van der Waals surface area contributed by atoms with Crippen LogP contribution in [0.3, 0.4) is 0 Å². The summed E-state index contributed by atoms with van der Waals surface area (Å²) in [5.41, 5.74) is 0.216. The van der Waals surface area contributed by atoms with Crippen LogP contribution in [-0.4, -0.2) is 40.3 Å². The van der Waals surface area contributed by atoms with E-state index in [0.717, 1.165) is 25.6 Å². The number of ether oxygens (including phenoxy) is 1. The lowest BCUT2D eigenvalue weighted by atomic mass is 10.1. The number of hydrogen-bond donors (Lipinski definition) is 0. The molecule has 3 aromatic rings. The zero-order valence-electron chi connectivity index (χ0n) is 17.8. The van der Waals surface area contributed by atoms with Crippen LogP contribution in [0.25, 0.3) is 11.0 Å². The smallest absolute Gasteiger partial charge is 0.416 e. The molecule has 2 heterocycles. The predicted molar refractivity (Wildman–Crippen MR) is 114 cm³/mol. The minimum Gasteiger partial charge on any atom is -0.494 e. The van der Waals surface area contributed by atoms with Gasteiger partial charge in [0.15, 0.2) is 0 Å². The van der Waals surface area contributed by atoms with E-state index in [1.54, 1.807) is 22.8 Å². The second kappa shape index (κ2) is 8.07. The number of fused-ring (bicyclic) bond motifs is 1. The maximum absolute atomic E-state index is 13.6. The van der Waals surface area contributed by atoms with Crippen LogP contribution in [0.2, 0.25) is 0 Å². The number of nitrogens with zero attached hydrogens (tertiary/aromatic N) is 3. The van der Waals surface area contributed by atoms with E-state index in [2.05, 4.69) is 18.7 Å². The average molecular weight is 433 g/mol. The molecule has 0 N–H and O–H groups in total. The minimum atomic E-state index is -4.49. The highest BCUT2D eigenvalue weighted by Gasteiger charge is 2.34. The highest BCUT2D eigenvalue weighted by Crippen LogP contribution is 2.34. The molecule has 1 saturated heterocycles. The van der Waals surface area contributed by atoms with Crippen LogP contribution in [-0.2, 0) is 12.7 Å². The summed E-state index contributed by atoms with van der Waals surface area (Å²) >= 11 is 0. The van der Waals surface area contributed by atoms with Crippen molar-refractivity contribution in [3.8, 4) is 5.75 Å². The molecule has 0 saturated carbocycles. The number of methoxy groups -OCH3 is 1. The van der Waals surface area contributed by atoms with E-state index in [0.29, 0.717) is 22.8 Å². The first kappa shape index (κ1) is 21.5. The fraction of sp³-hybridized carbons (Fsp3) is 0.435. The molecule has 166 valence electrons. The fourth-order valence-electron chi connectivity index (χ4n) is 4.52. The molecule has 0 radical (unpaired) electrons. The molecular formula is C23H26F3N3O2. The van der Waals surface area contributed by atoms with Crippen molar-refractivity contribution in [1.29, 1.82) is 0 Å². The summed E-state index contributed by atoms with van der Waals surface area (Å²) < 4.78 is 49.3. The summed E-state index contributed by atoms with van der Waals surface area (Å²) in [5, 5.41) is 0. The Morgan fingerprint density at radius 1 is 1.13 bits per heavy atom. The number of alkyl halides is 3. The van der Waals surface area contributed by atoms with Gasteiger partial charge in [-0.25, -0.2) is 4.79 Å². The van der Waals surface area contributed by atoms with Crippen molar-refractivity contribution in [3.63, 3.8) is 0 Å². The Morgan fingerprint density at radius 3 is 2.52 bits per heavy atom. The molecule has 1 unspecified atom stereocenters. The zero-order chi connectivity index (χ0) is 22.3. The summed E-state index contributed by atoms with van der Waals surface area (Å²) in [5.74, 6) is 0.469. The van der Waals surface area contributed by atoms with Crippen LogP contribution in [0, 0.1) is 0 Å². The van der Waals surface area contributed by atoms with Crippen LogP contribution < -0.4 is 10.4 Å². The molecule has 8 heteroatoms. The Balaban J connectivity index is 1.88. The molecule has 2 aromatic carbocycles. The van der Waals surface area contributed by atoms with Gasteiger partial charge in [-0.15, -0.1) is 0 Å². The lowest BCUT2D eigenvalue weighted by Crippen LogP contribution is -2.32. The van der Waals surface area contributed by atoms with Gasteiger partial charge in [-0.2, -0.15) is 13.2 Å². The largest absolute Gasteiger partial charge is 0.494 e. The molecule has 1 aliphatic heterocycles. The summed E-state index contributed by atoms with van der Waals surface area (Å²) in [4.78, 5) is 15.9. The quantitative estimate of drug-likeness (QED) is 0.593. The predicted octanol–water partition coefficient (Wildman–Crippen LogP) is 4.53. The number of likely N-dealkylation sites (tertiary alicyclic amines) is 1. The van der Waals surface area contributed by atoms with Crippen LogP contribution in [0.15, 0.2) is 47.3 Å². The maximum atomic E-state index is 13.6. The van der Waals surface area contributed by atoms with Gasteiger partial charge in [-0.3, -0.25) is 14.0 Å². The number of imidazole rings is 1. The highest BCUT2D eigenvalue weighted by atomic mass is 19.4. The van der Waals surface area contributed by atoms with Gasteiger partial charge in [-0.1, -0.05) is 24.3 Å². The Bertz CT molecular complexity index is 1150. The summed E-state index contributed by atoms with van der Waals surface area (Å²) in [7, 11) is 1.50. The topological polar surface area (TPSA) is 39.4 Å². The molecule has 4 rings (SSSR count). The first-order valence-electron chi connectivity index (χ1n) is 10.4. The van der Waals surface area contributed by atoms with Gasteiger partial charge in [0.25, 0.3) is 0 Å². The van der Waals surface area contributed by atoms with Gasteiger partial charge >= 0.3 is 11.9 Å². The normalized spacial score (nSPS) is 17.7. The summed E-state index contributed by atoms with van der Waals surface area (Å²) in [6.45, 7) is 5.66. The number of rotatable bonds is 5. The van der Waals surface area contributed by atoms with E-state index in [4.69, 9.17) is 4.74 Å². The molecule has 1 aromatic heterocycles. The zero-order valence-corrected chi connectivity index (χ0v) is 17.8. The van der Waals surface area contributed by atoms with Crippen LogP contribution in [0.4, 0.5) is 13.2 Å². The summed E-state index contributed by atoms with van der Waals surface area (Å²) in [6, 6.07) is 11.1. The van der Waals surface area contributed by atoms with Crippen LogP contribution in [0.1, 0.15) is 37.4 Å². The first-order chi connectivity index (χ1) is 14.7. The number of para-hydroxylation sites is 1. The molecule has 0 bridgehead atoms. The SMILES string of the molecule is COc1cccc2c1n(Cc1ccccc1C(F)(F)F)c(=O)n2C1CCN(C(C)C)C1. The lowest BCUT2D eigenvalue weighted by molar-refractivity contribution is -0.138. The molecule has 1 atom stereocenters. The van der Waals surface area contributed by atoms with Crippen molar-refractivity contribution in [1.82, 2.24) is 14.0 Å². The van der Waals surface area contributed by atoms with E-state index < -0.39 is 11.7 Å². The van der Waals surface area contributed by atoms with E-state index in [1.807, 2.05) is 6.07 Å². The number of halogens is 3. The standard InChI is InChI=1S/C23H26F3N3O2/c1-15(2)27-12-11-17(14-27)29-19-9-6-10-20(31-3)21(19)28(22(29)30)13-16-7-4-5-8-18(16)23(24,25)26/h4-10,15,17H,11-14H2,1-3H3. The van der Waals surface area contributed by atoms with Crippen molar-refractivity contribution < 1.29 is 17.9 Å². The first-order valence-corrected chi connectivity index (χ1v) is 10.4. The lowest BCUT2D eigenvalue weighted by Gasteiger charge is -2.20. The monoisotopic (exact) mass is 433 g/mol. The van der Waals surface area contributed by atoms with Gasteiger partial charge in [0.05, 0.1) is 30.8 Å². The molecule has 5 nitrogen and oxygen atoms in total. The van der Waals surface area contributed by atoms with Crippen molar-refractivity contribution in [2.24, 2.45) is 0 Å². The van der Waals surface area contributed by atoms with E-state index in [1.165, 1.54) is 23.8 Å². The fourth-order valence-corrected chi connectivity index (χ4v) is 4.52. The van der Waals surface area contributed by atoms with Gasteiger partial charge in [-0.05, 0) is 44.0 Å². The molecule has 0 spiro atoms.